The van der Waals surface area contributed by atoms with Crippen molar-refractivity contribution in [2.75, 3.05) is 20.2 Å². The minimum absolute atomic E-state index is 0.779. The molecule has 82 valence electrons. The molecular weight excluding hydrogens is 186 g/mol. The fourth-order valence-corrected chi connectivity index (χ4v) is 2.22. The summed E-state index contributed by atoms with van der Waals surface area (Å²) < 4.78 is 5.42. The molecule has 1 N–H and O–H groups in total. The predicted octanol–water partition coefficient (Wildman–Crippen LogP) is 2.16. The van der Waals surface area contributed by atoms with E-state index in [1.54, 1.807) is 7.11 Å². The Morgan fingerprint density at radius 1 is 1.47 bits per heavy atom. The molecule has 1 aliphatic rings. The smallest absolute Gasteiger partial charge is 0.122 e. The van der Waals surface area contributed by atoms with Crippen LogP contribution in [0.5, 0.6) is 5.75 Å². The largest absolute Gasteiger partial charge is 0.496 e. The summed E-state index contributed by atoms with van der Waals surface area (Å²) in [6.45, 7) is 4.42. The molecule has 0 aliphatic carbocycles. The van der Waals surface area contributed by atoms with Gasteiger partial charge in [0, 0.05) is 0 Å². The highest BCUT2D eigenvalue weighted by atomic mass is 16.5. The minimum atomic E-state index is 0.779. The molecule has 2 rings (SSSR count). The van der Waals surface area contributed by atoms with Crippen LogP contribution in [0.3, 0.4) is 0 Å². The van der Waals surface area contributed by atoms with Gasteiger partial charge < -0.3 is 10.1 Å². The first-order valence-electron chi connectivity index (χ1n) is 5.64. The average Bonchev–Trinajstić information content (AvgIpc) is 2.73. The van der Waals surface area contributed by atoms with Gasteiger partial charge in [0.25, 0.3) is 0 Å². The zero-order valence-corrected chi connectivity index (χ0v) is 9.55. The zero-order chi connectivity index (χ0) is 10.7. The Morgan fingerprint density at radius 2 is 2.33 bits per heavy atom. The summed E-state index contributed by atoms with van der Waals surface area (Å²) in [7, 11) is 1.76. The molecule has 2 nitrogen and oxygen atoms in total. The third-order valence-corrected chi connectivity index (χ3v) is 3.11. The maximum absolute atomic E-state index is 5.42. The van der Waals surface area contributed by atoms with Crippen LogP contribution >= 0.6 is 0 Å². The van der Waals surface area contributed by atoms with Crippen molar-refractivity contribution in [2.24, 2.45) is 5.92 Å². The summed E-state index contributed by atoms with van der Waals surface area (Å²) in [6, 6.07) is 6.49. The number of methoxy groups -OCH3 is 1. The third kappa shape index (κ3) is 2.51. The van der Waals surface area contributed by atoms with Crippen LogP contribution in [0.1, 0.15) is 17.5 Å². The average molecular weight is 205 g/mol. The van der Waals surface area contributed by atoms with Gasteiger partial charge in [0.1, 0.15) is 5.75 Å². The maximum atomic E-state index is 5.42. The molecule has 0 spiro atoms. The Bertz CT molecular complexity index is 329. The molecule has 1 aromatic carbocycles. The van der Waals surface area contributed by atoms with Crippen molar-refractivity contribution < 1.29 is 4.74 Å². The standard InChI is InChI=1S/C13H19NO/c1-10-3-4-12(13(7-10)15-2)8-11-5-6-14-9-11/h3-4,7,11,14H,5-6,8-9H2,1-2H3. The molecular formula is C13H19NO. The molecule has 1 saturated heterocycles. The van der Waals surface area contributed by atoms with Crippen molar-refractivity contribution in [3.8, 4) is 5.75 Å². The van der Waals surface area contributed by atoms with E-state index in [1.165, 1.54) is 24.1 Å². The highest BCUT2D eigenvalue weighted by molar-refractivity contribution is 5.37. The summed E-state index contributed by atoms with van der Waals surface area (Å²) in [4.78, 5) is 0. The molecule has 0 bridgehead atoms. The third-order valence-electron chi connectivity index (χ3n) is 3.11. The summed E-state index contributed by atoms with van der Waals surface area (Å²) in [5, 5.41) is 3.40. The predicted molar refractivity (Wildman–Crippen MR) is 62.4 cm³/mol. The second kappa shape index (κ2) is 4.67. The normalized spacial score (nSPS) is 20.5. The molecule has 1 aromatic rings. The van der Waals surface area contributed by atoms with Crippen molar-refractivity contribution in [1.82, 2.24) is 5.32 Å². The molecule has 1 fully saturated rings. The second-order valence-electron chi connectivity index (χ2n) is 4.38. The Hall–Kier alpha value is -1.02. The highest BCUT2D eigenvalue weighted by Gasteiger charge is 2.16. The van der Waals surface area contributed by atoms with E-state index in [0.29, 0.717) is 0 Å². The second-order valence-corrected chi connectivity index (χ2v) is 4.38. The van der Waals surface area contributed by atoms with E-state index < -0.39 is 0 Å². The first-order chi connectivity index (χ1) is 7.29. The van der Waals surface area contributed by atoms with E-state index in [9.17, 15) is 0 Å². The summed E-state index contributed by atoms with van der Waals surface area (Å²) in [6.07, 6.45) is 2.42. The van der Waals surface area contributed by atoms with E-state index in [0.717, 1.165) is 24.6 Å². The zero-order valence-electron chi connectivity index (χ0n) is 9.55. The van der Waals surface area contributed by atoms with E-state index in [2.05, 4.69) is 30.4 Å². The molecule has 1 heterocycles. The molecule has 0 amide bonds. The molecule has 1 aliphatic heterocycles. The van der Waals surface area contributed by atoms with Crippen molar-refractivity contribution in [1.29, 1.82) is 0 Å². The van der Waals surface area contributed by atoms with Gasteiger partial charge in [-0.05, 0) is 56.0 Å². The summed E-state index contributed by atoms with van der Waals surface area (Å²) >= 11 is 0. The first-order valence-corrected chi connectivity index (χ1v) is 5.64. The van der Waals surface area contributed by atoms with Gasteiger partial charge in [-0.2, -0.15) is 0 Å². The molecule has 1 atom stereocenters. The van der Waals surface area contributed by atoms with Crippen molar-refractivity contribution in [3.05, 3.63) is 29.3 Å². The number of ether oxygens (including phenoxy) is 1. The SMILES string of the molecule is COc1cc(C)ccc1CC1CCNC1. The first kappa shape index (κ1) is 10.5. The maximum Gasteiger partial charge on any atom is 0.122 e. The van der Waals surface area contributed by atoms with Crippen LogP contribution in [-0.4, -0.2) is 20.2 Å². The van der Waals surface area contributed by atoms with E-state index >= 15 is 0 Å². The highest BCUT2D eigenvalue weighted by Crippen LogP contribution is 2.24. The number of aryl methyl sites for hydroxylation is 1. The lowest BCUT2D eigenvalue weighted by Gasteiger charge is -2.12. The van der Waals surface area contributed by atoms with Crippen LogP contribution in [0, 0.1) is 12.8 Å². The number of rotatable bonds is 3. The lowest BCUT2D eigenvalue weighted by Crippen LogP contribution is -2.11. The molecule has 0 aromatic heterocycles. The lowest BCUT2D eigenvalue weighted by atomic mass is 9.97. The van der Waals surface area contributed by atoms with Crippen molar-refractivity contribution >= 4 is 0 Å². The summed E-state index contributed by atoms with van der Waals surface area (Å²) in [5.74, 6) is 1.82. The fourth-order valence-electron chi connectivity index (χ4n) is 2.22. The topological polar surface area (TPSA) is 21.3 Å². The molecule has 15 heavy (non-hydrogen) atoms. The number of hydrogen-bond acceptors (Lipinski definition) is 2. The van der Waals surface area contributed by atoms with Gasteiger partial charge in [0.05, 0.1) is 7.11 Å². The molecule has 0 radical (unpaired) electrons. The molecule has 1 unspecified atom stereocenters. The van der Waals surface area contributed by atoms with Gasteiger partial charge in [0.15, 0.2) is 0 Å². The van der Waals surface area contributed by atoms with Crippen molar-refractivity contribution in [2.45, 2.75) is 19.8 Å². The Balaban J connectivity index is 2.12. The van der Waals surface area contributed by atoms with E-state index in [4.69, 9.17) is 4.74 Å². The van der Waals surface area contributed by atoms with Crippen LogP contribution in [0.4, 0.5) is 0 Å². The van der Waals surface area contributed by atoms with Crippen LogP contribution in [0.2, 0.25) is 0 Å². The van der Waals surface area contributed by atoms with Gasteiger partial charge in [-0.25, -0.2) is 0 Å². The fraction of sp³-hybridized carbons (Fsp3) is 0.538. The molecule has 0 saturated carbocycles. The van der Waals surface area contributed by atoms with Crippen LogP contribution < -0.4 is 10.1 Å². The van der Waals surface area contributed by atoms with Gasteiger partial charge in [-0.1, -0.05) is 12.1 Å². The van der Waals surface area contributed by atoms with Gasteiger partial charge >= 0.3 is 0 Å². The lowest BCUT2D eigenvalue weighted by molar-refractivity contribution is 0.405. The minimum Gasteiger partial charge on any atom is -0.496 e. The van der Waals surface area contributed by atoms with Crippen LogP contribution in [0.25, 0.3) is 0 Å². The molecule has 2 heteroatoms. The summed E-state index contributed by atoms with van der Waals surface area (Å²) in [5.41, 5.74) is 2.61. The Kier molecular flexibility index (Phi) is 3.27. The Labute approximate surface area is 91.6 Å². The number of benzene rings is 1. The van der Waals surface area contributed by atoms with Crippen LogP contribution in [-0.2, 0) is 6.42 Å². The van der Waals surface area contributed by atoms with Gasteiger partial charge in [-0.15, -0.1) is 0 Å². The number of nitrogens with one attached hydrogen (secondary N) is 1. The van der Waals surface area contributed by atoms with Crippen molar-refractivity contribution in [3.63, 3.8) is 0 Å². The van der Waals surface area contributed by atoms with E-state index in [-0.39, 0.29) is 0 Å². The number of hydrogen-bond donors (Lipinski definition) is 1. The Morgan fingerprint density at radius 3 is 3.00 bits per heavy atom. The van der Waals surface area contributed by atoms with E-state index in [1.807, 2.05) is 0 Å². The van der Waals surface area contributed by atoms with Crippen LogP contribution in [0.15, 0.2) is 18.2 Å². The quantitative estimate of drug-likeness (QED) is 0.816. The monoisotopic (exact) mass is 205 g/mol. The van der Waals surface area contributed by atoms with Gasteiger partial charge in [0.2, 0.25) is 0 Å². The van der Waals surface area contributed by atoms with Gasteiger partial charge in [-0.3, -0.25) is 0 Å².